The van der Waals surface area contributed by atoms with Crippen LogP contribution in [0.15, 0.2) is 12.7 Å². The second kappa shape index (κ2) is 7.88. The van der Waals surface area contributed by atoms with E-state index in [-0.39, 0.29) is 0 Å². The first-order chi connectivity index (χ1) is 13.5. The molecule has 0 aliphatic carbocycles. The minimum absolute atomic E-state index is 0.390. The number of anilines is 1. The SMILES string of the molecule is C[C@@]1(O)[C@H](O)[C@@H](CO)O[C@H]1n1cnc2c(NCCN3CCCCC3)ncnc21. The Labute approximate surface area is 163 Å². The molecule has 2 aromatic rings. The molecule has 0 spiro atoms. The van der Waals surface area contributed by atoms with Crippen LogP contribution in [0.1, 0.15) is 32.4 Å². The van der Waals surface area contributed by atoms with Crippen molar-refractivity contribution in [2.75, 3.05) is 38.1 Å². The average molecular weight is 392 g/mol. The molecule has 154 valence electrons. The van der Waals surface area contributed by atoms with Crippen LogP contribution >= 0.6 is 0 Å². The number of imidazole rings is 1. The highest BCUT2D eigenvalue weighted by Crippen LogP contribution is 2.39. The van der Waals surface area contributed by atoms with Crippen LogP contribution in [0, 0.1) is 0 Å². The number of likely N-dealkylation sites (tertiary alicyclic amines) is 1. The quantitative estimate of drug-likeness (QED) is 0.525. The molecule has 4 atom stereocenters. The molecule has 2 fully saturated rings. The molecule has 4 rings (SSSR count). The Bertz CT molecular complexity index is 806. The van der Waals surface area contributed by atoms with E-state index in [2.05, 4.69) is 25.2 Å². The van der Waals surface area contributed by atoms with E-state index in [9.17, 15) is 15.3 Å². The molecular formula is C18H28N6O4. The van der Waals surface area contributed by atoms with Gasteiger partial charge in [-0.05, 0) is 32.9 Å². The Morgan fingerprint density at radius 1 is 1.25 bits per heavy atom. The van der Waals surface area contributed by atoms with Crippen LogP contribution in [-0.2, 0) is 4.74 Å². The molecule has 2 aromatic heterocycles. The van der Waals surface area contributed by atoms with Gasteiger partial charge in [-0.25, -0.2) is 15.0 Å². The Morgan fingerprint density at radius 2 is 2.04 bits per heavy atom. The maximum absolute atomic E-state index is 10.7. The van der Waals surface area contributed by atoms with Crippen LogP contribution in [0.3, 0.4) is 0 Å². The van der Waals surface area contributed by atoms with Crippen LogP contribution < -0.4 is 5.32 Å². The summed E-state index contributed by atoms with van der Waals surface area (Å²) in [6, 6.07) is 0. The van der Waals surface area contributed by atoms with E-state index < -0.39 is 30.6 Å². The summed E-state index contributed by atoms with van der Waals surface area (Å²) in [4.78, 5) is 15.4. The van der Waals surface area contributed by atoms with Gasteiger partial charge < -0.3 is 30.3 Å². The number of piperidine rings is 1. The van der Waals surface area contributed by atoms with Gasteiger partial charge in [0.05, 0.1) is 12.9 Å². The fourth-order valence-corrected chi connectivity index (χ4v) is 4.06. The lowest BCUT2D eigenvalue weighted by atomic mass is 9.96. The first-order valence-corrected chi connectivity index (χ1v) is 9.83. The number of rotatable bonds is 6. The van der Waals surface area contributed by atoms with Gasteiger partial charge in [0.25, 0.3) is 0 Å². The van der Waals surface area contributed by atoms with Gasteiger partial charge in [0.1, 0.15) is 24.1 Å². The van der Waals surface area contributed by atoms with Gasteiger partial charge in [-0.3, -0.25) is 4.57 Å². The highest BCUT2D eigenvalue weighted by Gasteiger charge is 2.53. The number of nitrogens with zero attached hydrogens (tertiary/aromatic N) is 5. The molecule has 0 radical (unpaired) electrons. The molecule has 0 bridgehead atoms. The third-order valence-electron chi connectivity index (χ3n) is 5.72. The van der Waals surface area contributed by atoms with E-state index >= 15 is 0 Å². The Balaban J connectivity index is 1.52. The predicted molar refractivity (Wildman–Crippen MR) is 102 cm³/mol. The van der Waals surface area contributed by atoms with Gasteiger partial charge in [-0.1, -0.05) is 6.42 Å². The second-order valence-corrected chi connectivity index (χ2v) is 7.76. The maximum Gasteiger partial charge on any atom is 0.168 e. The number of nitrogens with one attached hydrogen (secondary N) is 1. The maximum atomic E-state index is 10.7. The van der Waals surface area contributed by atoms with E-state index in [0.717, 1.165) is 26.2 Å². The van der Waals surface area contributed by atoms with Gasteiger partial charge in [0.15, 0.2) is 23.2 Å². The van der Waals surface area contributed by atoms with Crippen molar-refractivity contribution < 1.29 is 20.1 Å². The lowest BCUT2D eigenvalue weighted by Crippen LogP contribution is -2.44. The van der Waals surface area contributed by atoms with Crippen LogP contribution in [0.2, 0.25) is 0 Å². The monoisotopic (exact) mass is 392 g/mol. The highest BCUT2D eigenvalue weighted by atomic mass is 16.6. The zero-order valence-corrected chi connectivity index (χ0v) is 16.0. The molecule has 2 saturated heterocycles. The smallest absolute Gasteiger partial charge is 0.168 e. The van der Waals surface area contributed by atoms with Crippen molar-refractivity contribution in [1.29, 1.82) is 0 Å². The highest BCUT2D eigenvalue weighted by molar-refractivity contribution is 5.82. The Hall–Kier alpha value is -1.85. The summed E-state index contributed by atoms with van der Waals surface area (Å²) in [6.45, 7) is 5.05. The minimum Gasteiger partial charge on any atom is -0.394 e. The first-order valence-electron chi connectivity index (χ1n) is 9.83. The standard InChI is InChI=1S/C18H28N6O4/c1-18(27)14(26)12(9-25)28-17(18)24-11-22-13-15(20-10-21-16(13)24)19-5-8-23-6-3-2-4-7-23/h10-12,14,17,25-27H,2-9H2,1H3,(H,19,20,21)/t12-,14-,17-,18-/m1/s1. The summed E-state index contributed by atoms with van der Waals surface area (Å²) < 4.78 is 7.25. The molecule has 28 heavy (non-hydrogen) atoms. The molecule has 2 aliphatic rings. The van der Waals surface area contributed by atoms with Crippen molar-refractivity contribution in [3.8, 4) is 0 Å². The van der Waals surface area contributed by atoms with Crippen LogP contribution in [-0.4, -0.2) is 90.3 Å². The number of aromatic nitrogens is 4. The number of aliphatic hydroxyl groups is 3. The number of hydrogen-bond donors (Lipinski definition) is 4. The van der Waals surface area contributed by atoms with Crippen molar-refractivity contribution in [1.82, 2.24) is 24.4 Å². The van der Waals surface area contributed by atoms with Crippen molar-refractivity contribution in [3.63, 3.8) is 0 Å². The van der Waals surface area contributed by atoms with Crippen LogP contribution in [0.4, 0.5) is 5.82 Å². The van der Waals surface area contributed by atoms with Crippen molar-refractivity contribution in [3.05, 3.63) is 12.7 Å². The van der Waals surface area contributed by atoms with E-state index in [0.29, 0.717) is 17.0 Å². The number of aliphatic hydroxyl groups excluding tert-OH is 2. The van der Waals surface area contributed by atoms with E-state index in [1.165, 1.54) is 38.8 Å². The number of fused-ring (bicyclic) bond motifs is 1. The van der Waals surface area contributed by atoms with E-state index in [1.54, 1.807) is 4.57 Å². The summed E-state index contributed by atoms with van der Waals surface area (Å²) in [7, 11) is 0. The molecule has 4 heterocycles. The van der Waals surface area contributed by atoms with Crippen LogP contribution in [0.25, 0.3) is 11.2 Å². The molecule has 0 amide bonds. The molecule has 2 aliphatic heterocycles. The summed E-state index contributed by atoms with van der Waals surface area (Å²) in [5, 5.41) is 33.7. The summed E-state index contributed by atoms with van der Waals surface area (Å²) in [5.74, 6) is 0.623. The minimum atomic E-state index is -1.59. The topological polar surface area (TPSA) is 129 Å². The van der Waals surface area contributed by atoms with Crippen molar-refractivity contribution in [2.45, 2.75) is 50.2 Å². The average Bonchev–Trinajstić information content (AvgIpc) is 3.22. The molecule has 0 saturated carbocycles. The van der Waals surface area contributed by atoms with E-state index in [4.69, 9.17) is 4.74 Å². The molecule has 10 heteroatoms. The van der Waals surface area contributed by atoms with Gasteiger partial charge in [0.2, 0.25) is 0 Å². The van der Waals surface area contributed by atoms with Gasteiger partial charge >= 0.3 is 0 Å². The summed E-state index contributed by atoms with van der Waals surface area (Å²) >= 11 is 0. The van der Waals surface area contributed by atoms with Gasteiger partial charge in [-0.15, -0.1) is 0 Å². The molecule has 0 aromatic carbocycles. The molecule has 4 N–H and O–H groups in total. The fourth-order valence-electron chi connectivity index (χ4n) is 4.06. The Morgan fingerprint density at radius 3 is 2.75 bits per heavy atom. The van der Waals surface area contributed by atoms with Crippen molar-refractivity contribution >= 4 is 17.0 Å². The third-order valence-corrected chi connectivity index (χ3v) is 5.72. The lowest BCUT2D eigenvalue weighted by molar-refractivity contribution is -0.0950. The van der Waals surface area contributed by atoms with Crippen LogP contribution in [0.5, 0.6) is 0 Å². The zero-order chi connectivity index (χ0) is 19.7. The number of hydrogen-bond acceptors (Lipinski definition) is 9. The second-order valence-electron chi connectivity index (χ2n) is 7.76. The molecule has 0 unspecified atom stereocenters. The van der Waals surface area contributed by atoms with E-state index in [1.807, 2.05) is 0 Å². The van der Waals surface area contributed by atoms with Crippen molar-refractivity contribution in [2.24, 2.45) is 0 Å². The summed E-state index contributed by atoms with van der Waals surface area (Å²) in [6.07, 6.45) is 3.76. The summed E-state index contributed by atoms with van der Waals surface area (Å²) in [5.41, 5.74) is -0.526. The predicted octanol–water partition coefficient (Wildman–Crippen LogP) is -0.274. The lowest BCUT2D eigenvalue weighted by Gasteiger charge is -2.27. The molecular weight excluding hydrogens is 364 g/mol. The third kappa shape index (κ3) is 3.46. The zero-order valence-electron chi connectivity index (χ0n) is 16.0. The normalized spacial score (nSPS) is 31.5. The Kier molecular flexibility index (Phi) is 5.48. The molecule has 10 nitrogen and oxygen atoms in total. The van der Waals surface area contributed by atoms with Gasteiger partial charge in [-0.2, -0.15) is 0 Å². The fraction of sp³-hybridized carbons (Fsp3) is 0.722. The largest absolute Gasteiger partial charge is 0.394 e. The number of ether oxygens (including phenoxy) is 1. The van der Waals surface area contributed by atoms with Gasteiger partial charge in [0, 0.05) is 13.1 Å². The first kappa shape index (κ1) is 19.5.